The van der Waals surface area contributed by atoms with Gasteiger partial charge in [0.15, 0.2) is 0 Å². The number of methoxy groups -OCH3 is 1. The predicted molar refractivity (Wildman–Crippen MR) is 74.6 cm³/mol. The molecule has 0 aromatic rings. The van der Waals surface area contributed by atoms with Crippen molar-refractivity contribution in [3.05, 3.63) is 0 Å². The molecule has 2 saturated carbocycles. The van der Waals surface area contributed by atoms with E-state index in [1.54, 1.807) is 7.11 Å². The fraction of sp³-hybridized carbons (Fsp3) is 1.00. The van der Waals surface area contributed by atoms with Gasteiger partial charge in [-0.3, -0.25) is 0 Å². The molecular formula is C16H30O2. The Morgan fingerprint density at radius 1 is 1.11 bits per heavy atom. The maximum absolute atomic E-state index is 10.6. The molecule has 0 aromatic carbocycles. The van der Waals surface area contributed by atoms with Crippen molar-refractivity contribution in [1.82, 2.24) is 0 Å². The minimum absolute atomic E-state index is 0.252. The molecule has 2 rings (SSSR count). The van der Waals surface area contributed by atoms with E-state index < -0.39 is 0 Å². The maximum atomic E-state index is 10.6. The van der Waals surface area contributed by atoms with E-state index in [0.717, 1.165) is 25.2 Å². The van der Waals surface area contributed by atoms with E-state index in [1.807, 2.05) is 0 Å². The summed E-state index contributed by atoms with van der Waals surface area (Å²) in [7, 11) is 1.79. The molecule has 1 unspecified atom stereocenters. The van der Waals surface area contributed by atoms with Crippen molar-refractivity contribution in [2.24, 2.45) is 11.3 Å². The topological polar surface area (TPSA) is 29.5 Å². The lowest BCUT2D eigenvalue weighted by Crippen LogP contribution is -2.49. The van der Waals surface area contributed by atoms with E-state index in [-0.39, 0.29) is 11.7 Å². The van der Waals surface area contributed by atoms with Gasteiger partial charge in [-0.1, -0.05) is 39.5 Å². The fourth-order valence-electron chi connectivity index (χ4n) is 3.80. The van der Waals surface area contributed by atoms with Gasteiger partial charge in [0, 0.05) is 7.11 Å². The molecule has 1 N–H and O–H groups in total. The quantitative estimate of drug-likeness (QED) is 0.824. The molecule has 0 aliphatic heterocycles. The molecule has 1 atom stereocenters. The molecule has 0 saturated heterocycles. The summed E-state index contributed by atoms with van der Waals surface area (Å²) < 4.78 is 5.79. The summed E-state index contributed by atoms with van der Waals surface area (Å²) in [5.74, 6) is 0.738. The normalized spacial score (nSPS) is 29.3. The fourth-order valence-corrected chi connectivity index (χ4v) is 3.80. The molecule has 2 heteroatoms. The highest BCUT2D eigenvalue weighted by atomic mass is 16.5. The zero-order valence-corrected chi connectivity index (χ0v) is 12.4. The molecule has 0 aromatic heterocycles. The van der Waals surface area contributed by atoms with Gasteiger partial charge in [0.05, 0.1) is 11.7 Å². The summed E-state index contributed by atoms with van der Waals surface area (Å²) in [5.41, 5.74) is 0.174. The van der Waals surface area contributed by atoms with Crippen LogP contribution in [0.1, 0.15) is 71.6 Å². The number of aliphatic hydroxyl groups is 1. The van der Waals surface area contributed by atoms with Gasteiger partial charge in [0.25, 0.3) is 0 Å². The van der Waals surface area contributed by atoms with Gasteiger partial charge in [-0.25, -0.2) is 0 Å². The highest BCUT2D eigenvalue weighted by Gasteiger charge is 2.44. The van der Waals surface area contributed by atoms with Crippen molar-refractivity contribution in [3.63, 3.8) is 0 Å². The Labute approximate surface area is 112 Å². The lowest BCUT2D eigenvalue weighted by molar-refractivity contribution is -0.141. The van der Waals surface area contributed by atoms with Crippen molar-refractivity contribution in [3.8, 4) is 0 Å². The number of rotatable bonds is 4. The van der Waals surface area contributed by atoms with Crippen LogP contribution in [0.5, 0.6) is 0 Å². The van der Waals surface area contributed by atoms with Gasteiger partial charge in [0.1, 0.15) is 0 Å². The lowest BCUT2D eigenvalue weighted by atomic mass is 9.68. The number of ether oxygens (including phenoxy) is 1. The van der Waals surface area contributed by atoms with Crippen LogP contribution in [0.4, 0.5) is 0 Å². The second kappa shape index (κ2) is 5.50. The first-order chi connectivity index (χ1) is 8.47. The average molecular weight is 254 g/mol. The largest absolute Gasteiger partial charge is 0.390 e. The molecule has 0 radical (unpaired) electrons. The molecule has 0 heterocycles. The van der Waals surface area contributed by atoms with Crippen molar-refractivity contribution in [1.29, 1.82) is 0 Å². The molecule has 0 amide bonds. The molecule has 106 valence electrons. The van der Waals surface area contributed by atoms with Crippen LogP contribution < -0.4 is 0 Å². The Kier molecular flexibility index (Phi) is 4.38. The standard InChI is InChI=1S/C16H30O2/c1-15(2)8-10-16(18-3,11-9-15)14(17)12-13-6-4-5-7-13/h13-14,17H,4-12H2,1-3H3. The minimum atomic E-state index is -0.262. The minimum Gasteiger partial charge on any atom is -0.390 e. The summed E-state index contributed by atoms with van der Waals surface area (Å²) in [5, 5.41) is 10.6. The molecule has 2 aliphatic rings. The Hall–Kier alpha value is -0.0800. The third kappa shape index (κ3) is 3.08. The van der Waals surface area contributed by atoms with Crippen LogP contribution in [0, 0.1) is 11.3 Å². The maximum Gasteiger partial charge on any atom is 0.0936 e. The van der Waals surface area contributed by atoms with Gasteiger partial charge >= 0.3 is 0 Å². The van der Waals surface area contributed by atoms with Crippen molar-refractivity contribution in [2.75, 3.05) is 7.11 Å². The third-order valence-corrected chi connectivity index (χ3v) is 5.50. The van der Waals surface area contributed by atoms with Crippen molar-refractivity contribution in [2.45, 2.75) is 83.3 Å². The first kappa shape index (κ1) is 14.3. The van der Waals surface area contributed by atoms with Gasteiger partial charge in [-0.15, -0.1) is 0 Å². The zero-order valence-electron chi connectivity index (χ0n) is 12.4. The van der Waals surface area contributed by atoms with Crippen LogP contribution in [-0.4, -0.2) is 23.9 Å². The van der Waals surface area contributed by atoms with E-state index in [1.165, 1.54) is 38.5 Å². The molecule has 2 nitrogen and oxygen atoms in total. The lowest BCUT2D eigenvalue weighted by Gasteiger charge is -2.45. The molecule has 2 aliphatic carbocycles. The highest BCUT2D eigenvalue weighted by molar-refractivity contribution is 4.96. The van der Waals surface area contributed by atoms with Crippen molar-refractivity contribution >= 4 is 0 Å². The van der Waals surface area contributed by atoms with Crippen LogP contribution >= 0.6 is 0 Å². The third-order valence-electron chi connectivity index (χ3n) is 5.50. The number of aliphatic hydroxyl groups excluding tert-OH is 1. The number of hydrogen-bond acceptors (Lipinski definition) is 2. The SMILES string of the molecule is COC1(C(O)CC2CCCC2)CCC(C)(C)CC1. The predicted octanol–water partition coefficient (Wildman–Crippen LogP) is 3.91. The van der Waals surface area contributed by atoms with Gasteiger partial charge < -0.3 is 9.84 Å². The Morgan fingerprint density at radius 2 is 1.67 bits per heavy atom. The summed E-state index contributed by atoms with van der Waals surface area (Å²) >= 11 is 0. The average Bonchev–Trinajstić information content (AvgIpc) is 2.82. The van der Waals surface area contributed by atoms with Gasteiger partial charge in [-0.05, 0) is 43.4 Å². The van der Waals surface area contributed by atoms with Crippen LogP contribution in [0.15, 0.2) is 0 Å². The van der Waals surface area contributed by atoms with E-state index >= 15 is 0 Å². The molecule has 2 fully saturated rings. The molecule has 18 heavy (non-hydrogen) atoms. The monoisotopic (exact) mass is 254 g/mol. The first-order valence-electron chi connectivity index (χ1n) is 7.71. The Balaban J connectivity index is 1.94. The van der Waals surface area contributed by atoms with Gasteiger partial charge in [0.2, 0.25) is 0 Å². The highest BCUT2D eigenvalue weighted by Crippen LogP contribution is 2.45. The van der Waals surface area contributed by atoms with E-state index in [4.69, 9.17) is 4.74 Å². The smallest absolute Gasteiger partial charge is 0.0936 e. The molecular weight excluding hydrogens is 224 g/mol. The second-order valence-electron chi connectivity index (χ2n) is 7.34. The first-order valence-corrected chi connectivity index (χ1v) is 7.71. The summed E-state index contributed by atoms with van der Waals surface area (Å²) in [6, 6.07) is 0. The molecule has 0 bridgehead atoms. The number of hydrogen-bond donors (Lipinski definition) is 1. The summed E-state index contributed by atoms with van der Waals surface area (Å²) in [6.45, 7) is 4.66. The Morgan fingerprint density at radius 3 is 2.17 bits per heavy atom. The Bertz CT molecular complexity index is 256. The van der Waals surface area contributed by atoms with E-state index in [2.05, 4.69) is 13.8 Å². The molecule has 0 spiro atoms. The zero-order chi connectivity index (χ0) is 13.2. The van der Waals surface area contributed by atoms with Crippen LogP contribution in [0.25, 0.3) is 0 Å². The van der Waals surface area contributed by atoms with Crippen LogP contribution in [-0.2, 0) is 4.74 Å². The van der Waals surface area contributed by atoms with Crippen LogP contribution in [0.3, 0.4) is 0 Å². The van der Waals surface area contributed by atoms with Gasteiger partial charge in [-0.2, -0.15) is 0 Å². The summed E-state index contributed by atoms with van der Waals surface area (Å²) in [6.07, 6.45) is 10.4. The summed E-state index contributed by atoms with van der Waals surface area (Å²) in [4.78, 5) is 0. The second-order valence-corrected chi connectivity index (χ2v) is 7.34. The van der Waals surface area contributed by atoms with Crippen LogP contribution in [0.2, 0.25) is 0 Å². The van der Waals surface area contributed by atoms with Crippen molar-refractivity contribution < 1.29 is 9.84 Å². The van der Waals surface area contributed by atoms with E-state index in [9.17, 15) is 5.11 Å². The van der Waals surface area contributed by atoms with E-state index in [0.29, 0.717) is 5.41 Å².